The first-order valence-electron chi connectivity index (χ1n) is 18.7. The van der Waals surface area contributed by atoms with Crippen molar-refractivity contribution < 1.29 is 4.74 Å². The molecule has 0 aromatic heterocycles. The standard InChI is InChI=1S/C51H36N2O/c1-51(2)43-20-12-25-48-50(43)53(44-21-10-11-24-47(44)54-48)46-23-13-22-45(49(46)51)52(35-28-26-34(27-29-35)33-14-4-3-5-15-33)36-30-31-41-39-18-7-6-16-37(39)38-17-8-9-19-40(38)42(41)32-36/h3-32H,1-2H3. The van der Waals surface area contributed by atoms with Crippen LogP contribution in [0.3, 0.4) is 0 Å². The van der Waals surface area contributed by atoms with E-state index in [1.165, 1.54) is 54.6 Å². The third-order valence-electron chi connectivity index (χ3n) is 11.6. The van der Waals surface area contributed by atoms with E-state index < -0.39 is 0 Å². The SMILES string of the molecule is CC1(C)c2cccc3c2N(c2ccccc2O3)c2cccc(N(c3ccc(-c4ccccc4)cc3)c3ccc4c5ccccc5c5ccccc5c4c3)c21. The van der Waals surface area contributed by atoms with Crippen LogP contribution >= 0.6 is 0 Å². The van der Waals surface area contributed by atoms with Crippen LogP contribution < -0.4 is 14.5 Å². The molecule has 0 spiro atoms. The minimum atomic E-state index is -0.356. The summed E-state index contributed by atoms with van der Waals surface area (Å²) in [6.07, 6.45) is 0. The molecule has 0 radical (unpaired) electrons. The van der Waals surface area contributed by atoms with Crippen LogP contribution in [0.15, 0.2) is 182 Å². The lowest BCUT2D eigenvalue weighted by Crippen LogP contribution is -2.33. The summed E-state index contributed by atoms with van der Waals surface area (Å²) < 4.78 is 6.55. The fraction of sp³-hybridized carbons (Fsp3) is 0.0588. The Balaban J connectivity index is 1.19. The number of hydrogen-bond acceptors (Lipinski definition) is 3. The summed E-state index contributed by atoms with van der Waals surface area (Å²) in [4.78, 5) is 4.89. The van der Waals surface area contributed by atoms with Crippen molar-refractivity contribution >= 4 is 66.4 Å². The molecule has 0 fully saturated rings. The van der Waals surface area contributed by atoms with Gasteiger partial charge in [0.05, 0.1) is 22.7 Å². The molecule has 11 rings (SSSR count). The average molecular weight is 693 g/mol. The number of anilines is 6. The second-order valence-corrected chi connectivity index (χ2v) is 14.9. The molecule has 0 saturated heterocycles. The van der Waals surface area contributed by atoms with Gasteiger partial charge in [-0.05, 0) is 104 Å². The number of fused-ring (bicyclic) bond motifs is 10. The highest BCUT2D eigenvalue weighted by Gasteiger charge is 2.43. The van der Waals surface area contributed by atoms with Gasteiger partial charge in [-0.15, -0.1) is 0 Å². The Hall–Kier alpha value is -6.84. The zero-order chi connectivity index (χ0) is 36.0. The van der Waals surface area contributed by atoms with E-state index in [0.717, 1.165) is 45.6 Å². The molecule has 2 heterocycles. The third kappa shape index (κ3) is 4.42. The molecule has 0 saturated carbocycles. The van der Waals surface area contributed by atoms with Gasteiger partial charge in [0.1, 0.15) is 0 Å². The molecule has 0 atom stereocenters. The maximum Gasteiger partial charge on any atom is 0.151 e. The molecule has 3 nitrogen and oxygen atoms in total. The monoisotopic (exact) mass is 692 g/mol. The molecule has 3 heteroatoms. The molecule has 0 bridgehead atoms. The van der Waals surface area contributed by atoms with E-state index in [9.17, 15) is 0 Å². The first kappa shape index (κ1) is 30.8. The van der Waals surface area contributed by atoms with Crippen molar-refractivity contribution in [3.05, 3.63) is 193 Å². The average Bonchev–Trinajstić information content (AvgIpc) is 3.23. The van der Waals surface area contributed by atoms with Gasteiger partial charge >= 0.3 is 0 Å². The lowest BCUT2D eigenvalue weighted by molar-refractivity contribution is 0.471. The summed E-state index contributed by atoms with van der Waals surface area (Å²) in [5.74, 6) is 1.75. The predicted octanol–water partition coefficient (Wildman–Crippen LogP) is 14.5. The minimum absolute atomic E-state index is 0.356. The number of para-hydroxylation sites is 3. The normalized spacial score (nSPS) is 13.6. The van der Waals surface area contributed by atoms with Gasteiger partial charge in [0.25, 0.3) is 0 Å². The molecule has 0 N–H and O–H groups in total. The molecule has 9 aromatic carbocycles. The van der Waals surface area contributed by atoms with E-state index in [1.807, 2.05) is 6.07 Å². The Morgan fingerprint density at radius 1 is 0.444 bits per heavy atom. The summed E-state index contributed by atoms with van der Waals surface area (Å²) in [7, 11) is 0. The molecule has 0 amide bonds. The second-order valence-electron chi connectivity index (χ2n) is 14.9. The van der Waals surface area contributed by atoms with Gasteiger partial charge in [0.2, 0.25) is 0 Å². The lowest BCUT2D eigenvalue weighted by Gasteiger charge is -2.46. The van der Waals surface area contributed by atoms with Crippen LogP contribution in [0.5, 0.6) is 11.5 Å². The Morgan fingerprint density at radius 2 is 1.00 bits per heavy atom. The van der Waals surface area contributed by atoms with Crippen LogP contribution in [0.25, 0.3) is 43.4 Å². The molecule has 0 aliphatic carbocycles. The zero-order valence-corrected chi connectivity index (χ0v) is 30.1. The zero-order valence-electron chi connectivity index (χ0n) is 30.1. The Kier molecular flexibility index (Phi) is 6.60. The highest BCUT2D eigenvalue weighted by atomic mass is 16.5. The van der Waals surface area contributed by atoms with E-state index in [1.54, 1.807) is 0 Å². The third-order valence-corrected chi connectivity index (χ3v) is 11.6. The largest absolute Gasteiger partial charge is 0.453 e. The first-order chi connectivity index (χ1) is 26.6. The first-order valence-corrected chi connectivity index (χ1v) is 18.7. The summed E-state index contributed by atoms with van der Waals surface area (Å²) in [5, 5.41) is 7.59. The summed E-state index contributed by atoms with van der Waals surface area (Å²) >= 11 is 0. The van der Waals surface area contributed by atoms with Crippen LogP contribution in [0, 0.1) is 0 Å². The van der Waals surface area contributed by atoms with Gasteiger partial charge in [-0.1, -0.05) is 141 Å². The molecular weight excluding hydrogens is 657 g/mol. The number of ether oxygens (including phenoxy) is 1. The van der Waals surface area contributed by atoms with Crippen molar-refractivity contribution in [1.82, 2.24) is 0 Å². The van der Waals surface area contributed by atoms with Gasteiger partial charge in [0.15, 0.2) is 11.5 Å². The van der Waals surface area contributed by atoms with E-state index >= 15 is 0 Å². The van der Waals surface area contributed by atoms with E-state index in [-0.39, 0.29) is 5.41 Å². The van der Waals surface area contributed by atoms with Crippen LogP contribution in [0.4, 0.5) is 34.1 Å². The molecule has 54 heavy (non-hydrogen) atoms. The van der Waals surface area contributed by atoms with Gasteiger partial charge in [-0.2, -0.15) is 0 Å². The second kappa shape index (κ2) is 11.6. The van der Waals surface area contributed by atoms with Crippen molar-refractivity contribution in [2.45, 2.75) is 19.3 Å². The van der Waals surface area contributed by atoms with Gasteiger partial charge in [0, 0.05) is 22.4 Å². The van der Waals surface area contributed by atoms with E-state index in [4.69, 9.17) is 4.74 Å². The minimum Gasteiger partial charge on any atom is -0.453 e. The topological polar surface area (TPSA) is 15.7 Å². The van der Waals surface area contributed by atoms with Crippen LogP contribution in [-0.2, 0) is 5.41 Å². The van der Waals surface area contributed by atoms with Crippen LogP contribution in [0.1, 0.15) is 25.0 Å². The summed E-state index contributed by atoms with van der Waals surface area (Å²) in [5.41, 5.74) is 11.2. The van der Waals surface area contributed by atoms with Crippen molar-refractivity contribution in [2.24, 2.45) is 0 Å². The van der Waals surface area contributed by atoms with Gasteiger partial charge < -0.3 is 14.5 Å². The smallest absolute Gasteiger partial charge is 0.151 e. The number of benzene rings is 9. The molecule has 2 aliphatic rings. The maximum atomic E-state index is 6.55. The quantitative estimate of drug-likeness (QED) is 0.171. The predicted molar refractivity (Wildman–Crippen MR) is 226 cm³/mol. The van der Waals surface area contributed by atoms with Crippen LogP contribution in [0.2, 0.25) is 0 Å². The van der Waals surface area contributed by atoms with Gasteiger partial charge in [-0.25, -0.2) is 0 Å². The van der Waals surface area contributed by atoms with Crippen molar-refractivity contribution in [1.29, 1.82) is 0 Å². The summed E-state index contributed by atoms with van der Waals surface area (Å²) in [6.45, 7) is 4.72. The van der Waals surface area contributed by atoms with E-state index in [2.05, 4.69) is 200 Å². The highest BCUT2D eigenvalue weighted by molar-refractivity contribution is 6.25. The molecule has 9 aromatic rings. The lowest BCUT2D eigenvalue weighted by atomic mass is 9.72. The fourth-order valence-electron chi connectivity index (χ4n) is 9.13. The van der Waals surface area contributed by atoms with Crippen LogP contribution in [-0.4, -0.2) is 0 Å². The Bertz CT molecular complexity index is 2910. The van der Waals surface area contributed by atoms with Gasteiger partial charge in [-0.3, -0.25) is 0 Å². The highest BCUT2D eigenvalue weighted by Crippen LogP contribution is 2.62. The Morgan fingerprint density at radius 3 is 1.74 bits per heavy atom. The number of nitrogens with zero attached hydrogens (tertiary/aromatic N) is 2. The molecule has 256 valence electrons. The number of rotatable bonds is 4. The van der Waals surface area contributed by atoms with Crippen molar-refractivity contribution in [2.75, 3.05) is 9.80 Å². The fourth-order valence-corrected chi connectivity index (χ4v) is 9.13. The molecule has 0 unspecified atom stereocenters. The van der Waals surface area contributed by atoms with E-state index in [0.29, 0.717) is 0 Å². The van der Waals surface area contributed by atoms with Crippen molar-refractivity contribution in [3.63, 3.8) is 0 Å². The maximum absolute atomic E-state index is 6.55. The number of hydrogen-bond donors (Lipinski definition) is 0. The Labute approximate surface area is 314 Å². The summed E-state index contributed by atoms with van der Waals surface area (Å²) in [6, 6.07) is 66.0. The van der Waals surface area contributed by atoms with Crippen molar-refractivity contribution in [3.8, 4) is 22.6 Å². The molecular formula is C51H36N2O. The molecule has 2 aliphatic heterocycles.